The van der Waals surface area contributed by atoms with Crippen LogP contribution in [0.2, 0.25) is 0 Å². The second-order valence-corrected chi connectivity index (χ2v) is 5.30. The van der Waals surface area contributed by atoms with Crippen molar-refractivity contribution >= 4 is 12.6 Å². The summed E-state index contributed by atoms with van der Waals surface area (Å²) in [4.78, 5) is 0. The molecular weight excluding hydrogens is 272 g/mol. The zero-order chi connectivity index (χ0) is 15.0. The Hall–Kier alpha value is -0.870. The van der Waals surface area contributed by atoms with E-state index in [4.69, 9.17) is 4.74 Å². The number of aliphatic hydroxyl groups is 1. The highest BCUT2D eigenvalue weighted by Crippen LogP contribution is 2.32. The summed E-state index contributed by atoms with van der Waals surface area (Å²) in [5.41, 5.74) is 0. The number of benzene rings is 1. The molecule has 0 saturated heterocycles. The normalized spacial score (nSPS) is 25.5. The fourth-order valence-corrected chi connectivity index (χ4v) is 2.93. The third-order valence-corrected chi connectivity index (χ3v) is 3.77. The highest BCUT2D eigenvalue weighted by molar-refractivity contribution is 7.80. The number of ether oxygens (including phenoxy) is 1. The molecule has 0 radical (unpaired) electrons. The monoisotopic (exact) mass is 298 g/mol. The number of hydrogen-bond acceptors (Lipinski definition) is 4. The lowest BCUT2D eigenvalue weighted by Crippen LogP contribution is -2.42. The molecule has 0 spiro atoms. The van der Waals surface area contributed by atoms with Gasteiger partial charge in [-0.3, -0.25) is 0 Å². The van der Waals surface area contributed by atoms with Crippen molar-refractivity contribution in [3.63, 3.8) is 0 Å². The predicted molar refractivity (Wildman–Crippen MR) is 85.7 cm³/mol. The molecular formula is C16H26O3S. The van der Waals surface area contributed by atoms with Crippen LogP contribution in [0.3, 0.4) is 0 Å². The zero-order valence-electron chi connectivity index (χ0n) is 12.3. The van der Waals surface area contributed by atoms with E-state index in [0.29, 0.717) is 11.7 Å². The molecule has 0 amide bonds. The third kappa shape index (κ3) is 4.91. The van der Waals surface area contributed by atoms with Gasteiger partial charge in [-0.2, -0.15) is 12.6 Å². The van der Waals surface area contributed by atoms with E-state index >= 15 is 0 Å². The van der Waals surface area contributed by atoms with Crippen LogP contribution in [-0.4, -0.2) is 28.2 Å². The van der Waals surface area contributed by atoms with Crippen molar-refractivity contribution in [3.8, 4) is 11.5 Å². The van der Waals surface area contributed by atoms with E-state index in [2.05, 4.69) is 12.6 Å². The molecule has 20 heavy (non-hydrogen) atoms. The van der Waals surface area contributed by atoms with Crippen molar-refractivity contribution in [3.05, 3.63) is 24.3 Å². The molecule has 1 aromatic carbocycles. The number of hydrogen-bond donors (Lipinski definition) is 3. The Morgan fingerprint density at radius 3 is 2.70 bits per heavy atom. The quantitative estimate of drug-likeness (QED) is 0.744. The topological polar surface area (TPSA) is 49.7 Å². The molecule has 2 N–H and O–H groups in total. The summed E-state index contributed by atoms with van der Waals surface area (Å²) < 4.78 is 5.87. The van der Waals surface area contributed by atoms with Gasteiger partial charge in [-0.25, -0.2) is 0 Å². The minimum Gasteiger partial charge on any atom is -0.508 e. The van der Waals surface area contributed by atoms with Crippen LogP contribution >= 0.6 is 12.6 Å². The van der Waals surface area contributed by atoms with Crippen LogP contribution < -0.4 is 4.74 Å². The Kier molecular flexibility index (Phi) is 7.85. The largest absolute Gasteiger partial charge is 0.508 e. The second kappa shape index (κ2) is 9.14. The van der Waals surface area contributed by atoms with Crippen LogP contribution in [0.4, 0.5) is 0 Å². The summed E-state index contributed by atoms with van der Waals surface area (Å²) in [6, 6.07) is 6.74. The average molecular weight is 298 g/mol. The first-order valence-electron chi connectivity index (χ1n) is 7.45. The van der Waals surface area contributed by atoms with Crippen LogP contribution in [0.5, 0.6) is 11.5 Å². The Morgan fingerprint density at radius 2 is 2.05 bits per heavy atom. The summed E-state index contributed by atoms with van der Waals surface area (Å²) >= 11 is 4.27. The first kappa shape index (κ1) is 17.2. The number of thiol groups is 1. The maximum absolute atomic E-state index is 10.1. The van der Waals surface area contributed by atoms with Crippen LogP contribution in [0.1, 0.15) is 39.5 Å². The maximum atomic E-state index is 10.1. The van der Waals surface area contributed by atoms with Gasteiger partial charge in [0.05, 0.1) is 6.10 Å². The minimum atomic E-state index is -0.425. The van der Waals surface area contributed by atoms with Gasteiger partial charge in [0.15, 0.2) is 0 Å². The van der Waals surface area contributed by atoms with Gasteiger partial charge >= 0.3 is 0 Å². The molecule has 3 atom stereocenters. The average Bonchev–Trinajstić information content (AvgIpc) is 2.45. The Balaban J connectivity index is 0.000000956. The molecule has 1 aliphatic rings. The zero-order valence-corrected chi connectivity index (χ0v) is 13.2. The third-order valence-electron chi connectivity index (χ3n) is 3.51. The number of aliphatic hydroxyl groups excluding tert-OH is 1. The molecule has 0 aliphatic heterocycles. The van der Waals surface area contributed by atoms with E-state index in [1.54, 1.807) is 24.3 Å². The summed E-state index contributed by atoms with van der Waals surface area (Å²) in [5, 5.41) is 19.5. The minimum absolute atomic E-state index is 0.184. The van der Waals surface area contributed by atoms with Crippen LogP contribution in [0.15, 0.2) is 24.3 Å². The number of phenols is 1. The number of rotatable bonds is 4. The van der Waals surface area contributed by atoms with Crippen molar-refractivity contribution in [1.29, 1.82) is 0 Å². The fraction of sp³-hybridized carbons (Fsp3) is 0.625. The standard InChI is InChI=1S/C14H20O3S.C2H6/c15-11-4-2-5-12(9-11)17-14-10(7-8-18)3-1-6-13(14)16;1-2/h2,4-5,9-10,13-16,18H,1,3,6-8H2;1-2H3. The molecule has 2 rings (SSSR count). The van der Waals surface area contributed by atoms with E-state index < -0.39 is 6.10 Å². The SMILES string of the molecule is CC.Oc1cccc(OC2C(O)CCCC2CCS)c1. The molecule has 0 bridgehead atoms. The van der Waals surface area contributed by atoms with Gasteiger partial charge in [0, 0.05) is 6.07 Å². The van der Waals surface area contributed by atoms with Crippen LogP contribution in [-0.2, 0) is 0 Å². The summed E-state index contributed by atoms with van der Waals surface area (Å²) in [6.45, 7) is 4.00. The van der Waals surface area contributed by atoms with Crippen LogP contribution in [0.25, 0.3) is 0 Å². The van der Waals surface area contributed by atoms with Crippen molar-refractivity contribution < 1.29 is 14.9 Å². The van der Waals surface area contributed by atoms with Gasteiger partial charge in [0.25, 0.3) is 0 Å². The molecule has 1 aliphatic carbocycles. The van der Waals surface area contributed by atoms with Gasteiger partial charge in [-0.05, 0) is 43.1 Å². The molecule has 3 unspecified atom stereocenters. The lowest BCUT2D eigenvalue weighted by molar-refractivity contribution is -0.0294. The van der Waals surface area contributed by atoms with Crippen molar-refractivity contribution in [2.75, 3.05) is 5.75 Å². The highest BCUT2D eigenvalue weighted by atomic mass is 32.1. The van der Waals surface area contributed by atoms with E-state index in [9.17, 15) is 10.2 Å². The molecule has 0 heterocycles. The predicted octanol–water partition coefficient (Wildman–Crippen LogP) is 3.65. The molecule has 4 heteroatoms. The lowest BCUT2D eigenvalue weighted by atomic mass is 9.82. The van der Waals surface area contributed by atoms with E-state index in [1.165, 1.54) is 0 Å². The van der Waals surface area contributed by atoms with Gasteiger partial charge in [0.2, 0.25) is 0 Å². The van der Waals surface area contributed by atoms with Gasteiger partial charge in [-0.1, -0.05) is 26.3 Å². The highest BCUT2D eigenvalue weighted by Gasteiger charge is 2.33. The number of phenolic OH excluding ortho intramolecular Hbond substituents is 1. The summed E-state index contributed by atoms with van der Waals surface area (Å²) in [6.07, 6.45) is 3.23. The smallest absolute Gasteiger partial charge is 0.127 e. The molecule has 1 saturated carbocycles. The molecule has 1 aromatic rings. The molecule has 0 aromatic heterocycles. The van der Waals surface area contributed by atoms with E-state index in [-0.39, 0.29) is 11.9 Å². The Morgan fingerprint density at radius 1 is 1.30 bits per heavy atom. The second-order valence-electron chi connectivity index (χ2n) is 4.85. The molecule has 1 fully saturated rings. The molecule has 114 valence electrons. The van der Waals surface area contributed by atoms with Crippen molar-refractivity contribution in [2.24, 2.45) is 5.92 Å². The Bertz CT molecular complexity index is 382. The fourth-order valence-electron chi connectivity index (χ4n) is 2.60. The molecule has 3 nitrogen and oxygen atoms in total. The summed E-state index contributed by atoms with van der Waals surface area (Å²) in [5.74, 6) is 1.94. The van der Waals surface area contributed by atoms with E-state index in [0.717, 1.165) is 31.4 Å². The van der Waals surface area contributed by atoms with E-state index in [1.807, 2.05) is 13.8 Å². The van der Waals surface area contributed by atoms with Gasteiger partial charge < -0.3 is 14.9 Å². The number of aromatic hydroxyl groups is 1. The first-order valence-corrected chi connectivity index (χ1v) is 8.08. The van der Waals surface area contributed by atoms with Gasteiger partial charge in [-0.15, -0.1) is 0 Å². The van der Waals surface area contributed by atoms with Crippen molar-refractivity contribution in [2.45, 2.75) is 51.7 Å². The van der Waals surface area contributed by atoms with Crippen LogP contribution in [0, 0.1) is 5.92 Å². The first-order chi connectivity index (χ1) is 9.70. The lowest BCUT2D eigenvalue weighted by Gasteiger charge is -2.35. The summed E-state index contributed by atoms with van der Waals surface area (Å²) in [7, 11) is 0. The van der Waals surface area contributed by atoms with Crippen molar-refractivity contribution in [1.82, 2.24) is 0 Å². The Labute approximate surface area is 127 Å². The van der Waals surface area contributed by atoms with Gasteiger partial charge in [0.1, 0.15) is 17.6 Å². The maximum Gasteiger partial charge on any atom is 0.127 e.